The topological polar surface area (TPSA) is 69.6 Å². The molecule has 2 aromatic rings. The van der Waals surface area contributed by atoms with Crippen molar-refractivity contribution in [3.05, 3.63) is 35.1 Å². The van der Waals surface area contributed by atoms with Gasteiger partial charge in [-0.05, 0) is 33.7 Å². The van der Waals surface area contributed by atoms with Crippen LogP contribution in [0.25, 0.3) is 0 Å². The Morgan fingerprint density at radius 2 is 2.12 bits per heavy atom. The second-order valence-corrected chi connectivity index (χ2v) is 4.49. The van der Waals surface area contributed by atoms with E-state index in [-0.39, 0.29) is 5.82 Å². The first kappa shape index (κ1) is 12.0. The predicted octanol–water partition coefficient (Wildman–Crippen LogP) is 1.10. The van der Waals surface area contributed by atoms with Crippen molar-refractivity contribution in [1.29, 1.82) is 0 Å². The molecule has 0 saturated heterocycles. The third-order valence-corrected chi connectivity index (χ3v) is 3.28. The van der Waals surface area contributed by atoms with Crippen molar-refractivity contribution < 1.29 is 4.39 Å². The summed E-state index contributed by atoms with van der Waals surface area (Å²) in [6, 6.07) is 4.83. The number of hydrogen-bond donors (Lipinski definition) is 1. The molecule has 1 heterocycles. The highest BCUT2D eigenvalue weighted by Crippen LogP contribution is 2.20. The first-order valence-electron chi connectivity index (χ1n) is 5.02. The molecule has 2 N–H and O–H groups in total. The molecular weight excluding hydrogens is 241 g/mol. The Balaban J connectivity index is 2.09. The van der Waals surface area contributed by atoms with Crippen molar-refractivity contribution in [2.75, 3.05) is 0 Å². The van der Waals surface area contributed by atoms with E-state index in [9.17, 15) is 4.39 Å². The lowest BCUT2D eigenvalue weighted by Gasteiger charge is -2.03. The monoisotopic (exact) mass is 253 g/mol. The number of benzene rings is 1. The van der Waals surface area contributed by atoms with Crippen molar-refractivity contribution in [1.82, 2.24) is 20.2 Å². The van der Waals surface area contributed by atoms with Gasteiger partial charge in [-0.3, -0.25) is 0 Å². The molecule has 0 aliphatic carbocycles. The fourth-order valence-electron chi connectivity index (χ4n) is 1.41. The largest absolute Gasteiger partial charge is 0.326 e. The minimum absolute atomic E-state index is 0.264. The van der Waals surface area contributed by atoms with E-state index in [1.54, 1.807) is 11.7 Å². The van der Waals surface area contributed by atoms with Gasteiger partial charge in [0.1, 0.15) is 5.82 Å². The van der Waals surface area contributed by atoms with Crippen LogP contribution in [-0.2, 0) is 19.3 Å². The van der Waals surface area contributed by atoms with Gasteiger partial charge in [0.05, 0.1) is 0 Å². The molecule has 0 spiro atoms. The molecular formula is C10H12FN5S. The number of tetrazole rings is 1. The Hall–Kier alpha value is -1.47. The fourth-order valence-corrected chi connectivity index (χ4v) is 2.19. The van der Waals surface area contributed by atoms with E-state index < -0.39 is 0 Å². The quantitative estimate of drug-likeness (QED) is 0.826. The van der Waals surface area contributed by atoms with Gasteiger partial charge < -0.3 is 5.73 Å². The average molecular weight is 253 g/mol. The normalized spacial score (nSPS) is 10.8. The summed E-state index contributed by atoms with van der Waals surface area (Å²) in [6.45, 7) is 0.334. The summed E-state index contributed by atoms with van der Waals surface area (Å²) in [5, 5.41) is 11.8. The zero-order valence-electron chi connectivity index (χ0n) is 9.30. The Morgan fingerprint density at radius 1 is 1.35 bits per heavy atom. The molecule has 0 unspecified atom stereocenters. The molecule has 1 aromatic heterocycles. The number of nitrogens with zero attached hydrogens (tertiary/aromatic N) is 4. The third-order valence-electron chi connectivity index (χ3n) is 2.20. The molecule has 0 fully saturated rings. The van der Waals surface area contributed by atoms with Crippen LogP contribution in [0.15, 0.2) is 23.4 Å². The van der Waals surface area contributed by atoms with Crippen LogP contribution in [0.2, 0.25) is 0 Å². The maximum Gasteiger partial charge on any atom is 0.209 e. The lowest BCUT2D eigenvalue weighted by molar-refractivity contribution is 0.624. The van der Waals surface area contributed by atoms with Crippen molar-refractivity contribution in [3.8, 4) is 0 Å². The van der Waals surface area contributed by atoms with Gasteiger partial charge in [-0.2, -0.15) is 0 Å². The van der Waals surface area contributed by atoms with E-state index in [1.165, 1.54) is 23.9 Å². The molecule has 5 nitrogen and oxygen atoms in total. The Kier molecular flexibility index (Phi) is 3.70. The average Bonchev–Trinajstić information content (AvgIpc) is 2.71. The molecule has 1 aromatic carbocycles. The highest BCUT2D eigenvalue weighted by molar-refractivity contribution is 7.98. The molecule has 0 saturated carbocycles. The van der Waals surface area contributed by atoms with Gasteiger partial charge in [-0.1, -0.05) is 17.8 Å². The summed E-state index contributed by atoms with van der Waals surface area (Å²) in [7, 11) is 1.76. The molecule has 0 amide bonds. The predicted molar refractivity (Wildman–Crippen MR) is 62.7 cm³/mol. The van der Waals surface area contributed by atoms with Crippen LogP contribution in [0.4, 0.5) is 4.39 Å². The summed E-state index contributed by atoms with van der Waals surface area (Å²) >= 11 is 1.45. The first-order valence-corrected chi connectivity index (χ1v) is 6.01. The highest BCUT2D eigenvalue weighted by atomic mass is 32.2. The summed E-state index contributed by atoms with van der Waals surface area (Å²) < 4.78 is 14.8. The second-order valence-electron chi connectivity index (χ2n) is 3.55. The molecule has 7 heteroatoms. The molecule has 0 bridgehead atoms. The maximum absolute atomic E-state index is 13.2. The molecule has 0 atom stereocenters. The zero-order chi connectivity index (χ0) is 12.3. The summed E-state index contributed by atoms with van der Waals surface area (Å²) in [5.74, 6) is 0.346. The van der Waals surface area contributed by atoms with E-state index in [0.29, 0.717) is 17.5 Å². The maximum atomic E-state index is 13.2. The van der Waals surface area contributed by atoms with E-state index in [2.05, 4.69) is 15.5 Å². The van der Waals surface area contributed by atoms with E-state index in [4.69, 9.17) is 5.73 Å². The fraction of sp³-hybridized carbons (Fsp3) is 0.300. The molecule has 0 aliphatic heterocycles. The van der Waals surface area contributed by atoms with Crippen LogP contribution in [0.1, 0.15) is 11.1 Å². The van der Waals surface area contributed by atoms with Gasteiger partial charge in [-0.25, -0.2) is 9.07 Å². The molecule has 17 heavy (non-hydrogen) atoms. The molecule has 0 radical (unpaired) electrons. The van der Waals surface area contributed by atoms with Crippen LogP contribution in [0, 0.1) is 5.82 Å². The minimum atomic E-state index is -0.264. The SMILES string of the molecule is Cn1nnnc1SCc1cc(F)cc(CN)c1. The highest BCUT2D eigenvalue weighted by Gasteiger charge is 2.05. The van der Waals surface area contributed by atoms with Gasteiger partial charge in [0.15, 0.2) is 0 Å². The number of nitrogens with two attached hydrogens (primary N) is 1. The Labute approximate surface area is 102 Å². The van der Waals surface area contributed by atoms with Gasteiger partial charge >= 0.3 is 0 Å². The van der Waals surface area contributed by atoms with Crippen LogP contribution in [0.3, 0.4) is 0 Å². The Bertz CT molecular complexity index is 513. The standard InChI is InChI=1S/C10H12FN5S/c1-16-10(13-14-15-16)17-6-8-2-7(5-12)3-9(11)4-8/h2-4H,5-6,12H2,1H3. The number of halogens is 1. The number of hydrogen-bond acceptors (Lipinski definition) is 5. The number of aryl methyl sites for hydroxylation is 1. The Morgan fingerprint density at radius 3 is 2.76 bits per heavy atom. The summed E-state index contributed by atoms with van der Waals surface area (Å²) in [6.07, 6.45) is 0. The number of thioether (sulfide) groups is 1. The molecule has 0 aliphatic rings. The van der Waals surface area contributed by atoms with E-state index in [0.717, 1.165) is 11.1 Å². The summed E-state index contributed by atoms with van der Waals surface area (Å²) in [5.41, 5.74) is 7.15. The van der Waals surface area contributed by atoms with Crippen molar-refractivity contribution in [3.63, 3.8) is 0 Å². The lowest BCUT2D eigenvalue weighted by Crippen LogP contribution is -1.98. The summed E-state index contributed by atoms with van der Waals surface area (Å²) in [4.78, 5) is 0. The van der Waals surface area contributed by atoms with E-state index in [1.807, 2.05) is 6.07 Å². The molecule has 90 valence electrons. The lowest BCUT2D eigenvalue weighted by atomic mass is 10.1. The van der Waals surface area contributed by atoms with Crippen molar-refractivity contribution in [2.24, 2.45) is 12.8 Å². The van der Waals surface area contributed by atoms with Crippen LogP contribution in [-0.4, -0.2) is 20.2 Å². The third kappa shape index (κ3) is 3.01. The van der Waals surface area contributed by atoms with Gasteiger partial charge in [0, 0.05) is 19.3 Å². The number of rotatable bonds is 4. The molecule has 2 rings (SSSR count). The smallest absolute Gasteiger partial charge is 0.209 e. The van der Waals surface area contributed by atoms with Crippen LogP contribution < -0.4 is 5.73 Å². The van der Waals surface area contributed by atoms with Crippen LogP contribution >= 0.6 is 11.8 Å². The second kappa shape index (κ2) is 5.24. The minimum Gasteiger partial charge on any atom is -0.326 e. The van der Waals surface area contributed by atoms with E-state index >= 15 is 0 Å². The van der Waals surface area contributed by atoms with Gasteiger partial charge in [0.2, 0.25) is 5.16 Å². The number of aromatic nitrogens is 4. The zero-order valence-corrected chi connectivity index (χ0v) is 10.1. The van der Waals surface area contributed by atoms with Crippen molar-refractivity contribution in [2.45, 2.75) is 17.5 Å². The van der Waals surface area contributed by atoms with Crippen LogP contribution in [0.5, 0.6) is 0 Å². The van der Waals surface area contributed by atoms with Gasteiger partial charge in [-0.15, -0.1) is 5.10 Å². The van der Waals surface area contributed by atoms with Gasteiger partial charge in [0.25, 0.3) is 0 Å². The van der Waals surface area contributed by atoms with Crippen molar-refractivity contribution >= 4 is 11.8 Å². The first-order chi connectivity index (χ1) is 8.19.